The smallest absolute Gasteiger partial charge is 0.147 e. The average molecular weight is 287 g/mol. The minimum absolute atomic E-state index is 0.107. The lowest BCUT2D eigenvalue weighted by atomic mass is 9.89. The molecule has 5 nitrogen and oxygen atoms in total. The van der Waals surface area contributed by atoms with Gasteiger partial charge in [0.25, 0.3) is 0 Å². The Balaban J connectivity index is 1.91. The first-order chi connectivity index (χ1) is 10.2. The Morgan fingerprint density at radius 3 is 3.10 bits per heavy atom. The second kappa shape index (κ2) is 6.00. The minimum Gasteiger partial charge on any atom is -0.393 e. The lowest BCUT2D eigenvalue weighted by Gasteiger charge is -2.37. The van der Waals surface area contributed by atoms with Crippen molar-refractivity contribution in [1.29, 1.82) is 5.26 Å². The lowest BCUT2D eigenvalue weighted by molar-refractivity contribution is -0.0438. The highest BCUT2D eigenvalue weighted by Crippen LogP contribution is 2.34. The van der Waals surface area contributed by atoms with Gasteiger partial charge in [-0.2, -0.15) is 5.26 Å². The topological polar surface area (TPSA) is 69.4 Å². The molecule has 1 aromatic rings. The number of pyridine rings is 1. The Hall–Kier alpha value is -1.64. The third-order valence-electron chi connectivity index (χ3n) is 4.68. The SMILES string of the molecule is Cc1ccnc(N2CCC[C@@H]2[C@H]2COCC[C@H]2O)c1C#N. The van der Waals surface area contributed by atoms with Gasteiger partial charge in [-0.15, -0.1) is 0 Å². The number of hydrogen-bond acceptors (Lipinski definition) is 5. The van der Waals surface area contributed by atoms with Gasteiger partial charge in [0.1, 0.15) is 11.9 Å². The van der Waals surface area contributed by atoms with Gasteiger partial charge >= 0.3 is 0 Å². The Labute approximate surface area is 125 Å². The molecule has 5 heteroatoms. The van der Waals surface area contributed by atoms with Crippen molar-refractivity contribution >= 4 is 5.82 Å². The average Bonchev–Trinajstić information content (AvgIpc) is 2.96. The van der Waals surface area contributed by atoms with E-state index in [2.05, 4.69) is 16.0 Å². The van der Waals surface area contributed by atoms with Crippen molar-refractivity contribution in [3.05, 3.63) is 23.4 Å². The van der Waals surface area contributed by atoms with E-state index < -0.39 is 0 Å². The number of aliphatic hydroxyl groups is 1. The largest absolute Gasteiger partial charge is 0.393 e. The van der Waals surface area contributed by atoms with Crippen LogP contribution in [0.15, 0.2) is 12.3 Å². The van der Waals surface area contributed by atoms with E-state index in [-0.39, 0.29) is 18.1 Å². The first kappa shape index (κ1) is 14.3. The zero-order chi connectivity index (χ0) is 14.8. The van der Waals surface area contributed by atoms with Crippen LogP contribution in [0.25, 0.3) is 0 Å². The molecular weight excluding hydrogens is 266 g/mol. The van der Waals surface area contributed by atoms with E-state index in [1.807, 2.05) is 13.0 Å². The Morgan fingerprint density at radius 1 is 1.48 bits per heavy atom. The minimum atomic E-state index is -0.320. The normalized spacial score (nSPS) is 29.4. The van der Waals surface area contributed by atoms with Crippen LogP contribution in [-0.4, -0.2) is 42.0 Å². The van der Waals surface area contributed by atoms with Gasteiger partial charge < -0.3 is 14.7 Å². The summed E-state index contributed by atoms with van der Waals surface area (Å²) in [5, 5.41) is 19.7. The van der Waals surface area contributed by atoms with Crippen LogP contribution >= 0.6 is 0 Å². The number of anilines is 1. The predicted octanol–water partition coefficient (Wildman–Crippen LogP) is 1.63. The molecule has 2 aliphatic heterocycles. The summed E-state index contributed by atoms with van der Waals surface area (Å²) in [5.74, 6) is 0.868. The summed E-state index contributed by atoms with van der Waals surface area (Å²) < 4.78 is 5.56. The monoisotopic (exact) mass is 287 g/mol. The van der Waals surface area contributed by atoms with Crippen molar-refractivity contribution in [1.82, 2.24) is 4.98 Å². The predicted molar refractivity (Wildman–Crippen MR) is 79.0 cm³/mol. The molecule has 2 aliphatic rings. The number of nitriles is 1. The summed E-state index contributed by atoms with van der Waals surface area (Å²) in [6.07, 6.45) is 4.22. The van der Waals surface area contributed by atoms with Crippen molar-refractivity contribution in [2.45, 2.75) is 38.3 Å². The summed E-state index contributed by atoms with van der Waals surface area (Å²) in [6.45, 7) is 4.05. The maximum atomic E-state index is 10.3. The Kier molecular flexibility index (Phi) is 4.09. The van der Waals surface area contributed by atoms with E-state index in [0.717, 1.165) is 30.8 Å². The molecule has 3 atom stereocenters. The maximum absolute atomic E-state index is 10.3. The van der Waals surface area contributed by atoms with Crippen LogP contribution in [0.5, 0.6) is 0 Å². The highest BCUT2D eigenvalue weighted by atomic mass is 16.5. The highest BCUT2D eigenvalue weighted by Gasteiger charge is 2.38. The second-order valence-corrected chi connectivity index (χ2v) is 5.94. The van der Waals surface area contributed by atoms with E-state index in [1.165, 1.54) is 0 Å². The van der Waals surface area contributed by atoms with Crippen LogP contribution in [0.1, 0.15) is 30.4 Å². The molecule has 0 bridgehead atoms. The number of ether oxygens (including phenoxy) is 1. The molecule has 3 heterocycles. The van der Waals surface area contributed by atoms with Gasteiger partial charge in [-0.1, -0.05) is 0 Å². The quantitative estimate of drug-likeness (QED) is 0.895. The van der Waals surface area contributed by atoms with Crippen molar-refractivity contribution in [2.24, 2.45) is 5.92 Å². The van der Waals surface area contributed by atoms with E-state index >= 15 is 0 Å². The molecule has 3 rings (SSSR count). The molecule has 0 saturated carbocycles. The summed E-state index contributed by atoms with van der Waals surface area (Å²) in [6, 6.07) is 4.35. The van der Waals surface area contributed by atoms with Gasteiger partial charge in [-0.25, -0.2) is 4.98 Å². The van der Waals surface area contributed by atoms with Gasteiger partial charge in [0.15, 0.2) is 0 Å². The van der Waals surface area contributed by atoms with Gasteiger partial charge in [0.05, 0.1) is 18.3 Å². The molecule has 0 aliphatic carbocycles. The summed E-state index contributed by atoms with van der Waals surface area (Å²) in [4.78, 5) is 6.65. The number of nitrogens with zero attached hydrogens (tertiary/aromatic N) is 3. The fourth-order valence-electron chi connectivity index (χ4n) is 3.52. The van der Waals surface area contributed by atoms with Crippen LogP contribution in [0, 0.1) is 24.2 Å². The molecule has 0 spiro atoms. The molecule has 21 heavy (non-hydrogen) atoms. The van der Waals surface area contributed by atoms with Gasteiger partial charge in [0.2, 0.25) is 0 Å². The first-order valence-electron chi connectivity index (χ1n) is 7.60. The third-order valence-corrected chi connectivity index (χ3v) is 4.68. The molecule has 1 N–H and O–H groups in total. The fraction of sp³-hybridized carbons (Fsp3) is 0.625. The molecular formula is C16H21N3O2. The summed E-state index contributed by atoms with van der Waals surface area (Å²) in [5.41, 5.74) is 1.60. The lowest BCUT2D eigenvalue weighted by Crippen LogP contribution is -2.46. The summed E-state index contributed by atoms with van der Waals surface area (Å²) in [7, 11) is 0. The van der Waals surface area contributed by atoms with Crippen molar-refractivity contribution in [3.8, 4) is 6.07 Å². The van der Waals surface area contributed by atoms with Crippen molar-refractivity contribution < 1.29 is 9.84 Å². The second-order valence-electron chi connectivity index (χ2n) is 5.94. The number of aryl methyl sites for hydroxylation is 1. The molecule has 2 saturated heterocycles. The van der Waals surface area contributed by atoms with Crippen LogP contribution in [0.2, 0.25) is 0 Å². The van der Waals surface area contributed by atoms with Crippen LogP contribution in [0.3, 0.4) is 0 Å². The maximum Gasteiger partial charge on any atom is 0.147 e. The number of aliphatic hydroxyl groups excluding tert-OH is 1. The zero-order valence-electron chi connectivity index (χ0n) is 12.3. The molecule has 0 radical (unpaired) electrons. The van der Waals surface area contributed by atoms with Crippen LogP contribution < -0.4 is 4.90 Å². The molecule has 0 unspecified atom stereocenters. The van der Waals surface area contributed by atoms with Crippen molar-refractivity contribution in [2.75, 3.05) is 24.7 Å². The Bertz CT molecular complexity index is 555. The number of rotatable bonds is 2. The first-order valence-corrected chi connectivity index (χ1v) is 7.60. The van der Waals surface area contributed by atoms with E-state index in [4.69, 9.17) is 4.74 Å². The van der Waals surface area contributed by atoms with E-state index in [1.54, 1.807) is 6.20 Å². The molecule has 2 fully saturated rings. The van der Waals surface area contributed by atoms with Gasteiger partial charge in [-0.05, 0) is 37.8 Å². The zero-order valence-corrected chi connectivity index (χ0v) is 12.3. The van der Waals surface area contributed by atoms with Crippen LogP contribution in [-0.2, 0) is 4.74 Å². The summed E-state index contributed by atoms with van der Waals surface area (Å²) >= 11 is 0. The molecule has 0 amide bonds. The van der Waals surface area contributed by atoms with E-state index in [9.17, 15) is 10.4 Å². The Morgan fingerprint density at radius 2 is 2.33 bits per heavy atom. The highest BCUT2D eigenvalue weighted by molar-refractivity contribution is 5.58. The number of hydrogen-bond donors (Lipinski definition) is 1. The van der Waals surface area contributed by atoms with Gasteiger partial charge in [-0.3, -0.25) is 0 Å². The van der Waals surface area contributed by atoms with Crippen LogP contribution in [0.4, 0.5) is 5.82 Å². The number of aromatic nitrogens is 1. The van der Waals surface area contributed by atoms with Gasteiger partial charge in [0, 0.05) is 31.3 Å². The molecule has 0 aromatic carbocycles. The molecule has 1 aromatic heterocycles. The third kappa shape index (κ3) is 2.61. The standard InChI is InChI=1S/C16H21N3O2/c1-11-4-6-18-16(12(11)9-17)19-7-2-3-14(19)13-10-21-8-5-15(13)20/h4,6,13-15,20H,2-3,5,7-8,10H2,1H3/t13-,14-,15-/m1/s1. The molecule has 112 valence electrons. The fourth-order valence-corrected chi connectivity index (χ4v) is 3.52. The van der Waals surface area contributed by atoms with E-state index in [0.29, 0.717) is 25.2 Å². The van der Waals surface area contributed by atoms with Crippen molar-refractivity contribution in [3.63, 3.8) is 0 Å².